The van der Waals surface area contributed by atoms with Gasteiger partial charge in [0.05, 0.1) is 18.1 Å². The first-order valence-corrected chi connectivity index (χ1v) is 11.1. The van der Waals surface area contributed by atoms with E-state index in [0.717, 1.165) is 28.2 Å². The molecule has 2 aromatic heterocycles. The highest BCUT2D eigenvalue weighted by Gasteiger charge is 2.13. The smallest absolute Gasteiger partial charge is 0.303 e. The van der Waals surface area contributed by atoms with E-state index < -0.39 is 5.97 Å². The summed E-state index contributed by atoms with van der Waals surface area (Å²) in [5.74, 6) is 2.45. The molecule has 0 atom stereocenters. The normalized spacial score (nSPS) is 10.7. The minimum atomic E-state index is -0.866. The van der Waals surface area contributed by atoms with E-state index in [-0.39, 0.29) is 32.0 Å². The number of furan rings is 1. The molecular formula is C24H24BrClN2O6. The molecule has 0 saturated heterocycles. The lowest BCUT2D eigenvalue weighted by molar-refractivity contribution is -0.136. The number of methoxy groups -OCH3 is 1. The van der Waals surface area contributed by atoms with Gasteiger partial charge in [0.15, 0.2) is 4.67 Å². The number of imidazole rings is 1. The first kappa shape index (κ1) is 25.5. The van der Waals surface area contributed by atoms with Crippen LogP contribution in [0.15, 0.2) is 57.6 Å². The fourth-order valence-electron chi connectivity index (χ4n) is 3.41. The highest BCUT2D eigenvalue weighted by molar-refractivity contribution is 9.10. The van der Waals surface area contributed by atoms with Crippen molar-refractivity contribution in [1.29, 1.82) is 0 Å². The minimum Gasteiger partial charge on any atom is -0.497 e. The van der Waals surface area contributed by atoms with Gasteiger partial charge < -0.3 is 28.3 Å². The summed E-state index contributed by atoms with van der Waals surface area (Å²) in [7, 11) is 3.56. The molecule has 180 valence electrons. The van der Waals surface area contributed by atoms with Crippen molar-refractivity contribution in [3.8, 4) is 17.2 Å². The molecule has 0 spiro atoms. The lowest BCUT2D eigenvalue weighted by atomic mass is 10.1. The molecule has 0 amide bonds. The molecule has 0 aliphatic heterocycles. The highest BCUT2D eigenvalue weighted by atomic mass is 79.9. The monoisotopic (exact) mass is 550 g/mol. The fraction of sp³-hybridized carbons (Fsp3) is 0.250. The number of carbonyl (C=O) groups is 1. The zero-order chi connectivity index (χ0) is 23.4. The zero-order valence-corrected chi connectivity index (χ0v) is 21.0. The van der Waals surface area contributed by atoms with Gasteiger partial charge in [0.2, 0.25) is 0 Å². The molecule has 0 radical (unpaired) electrons. The number of carboxylic acids is 1. The number of hydrogen-bond acceptors (Lipinski definition) is 6. The molecule has 0 aliphatic rings. The molecule has 2 heterocycles. The second kappa shape index (κ2) is 11.3. The van der Waals surface area contributed by atoms with Gasteiger partial charge in [-0.2, -0.15) is 0 Å². The van der Waals surface area contributed by atoms with Gasteiger partial charge in [0, 0.05) is 25.6 Å². The van der Waals surface area contributed by atoms with Crippen LogP contribution in [-0.4, -0.2) is 27.7 Å². The lowest BCUT2D eigenvalue weighted by Crippen LogP contribution is -2.05. The molecule has 1 N–H and O–H groups in total. The van der Waals surface area contributed by atoms with Crippen molar-refractivity contribution in [3.05, 3.63) is 70.3 Å². The standard InChI is InChI=1S/C24H23BrN2O6.ClH/c1-27-20-11-16(30-2)6-8-19(20)26-23(27)14-31-17-5-3-15(4-10-24(28)29)21(12-17)32-13-18-7-9-22(25)33-18;/h3,5-9,11-12H,4,10,13-14H2,1-2H3,(H,28,29);1H. The van der Waals surface area contributed by atoms with E-state index in [0.29, 0.717) is 28.3 Å². The summed E-state index contributed by atoms with van der Waals surface area (Å²) in [5, 5.41) is 9.06. The van der Waals surface area contributed by atoms with Crippen molar-refractivity contribution < 1.29 is 28.5 Å². The first-order chi connectivity index (χ1) is 15.9. The van der Waals surface area contributed by atoms with Crippen molar-refractivity contribution in [2.45, 2.75) is 26.1 Å². The number of aryl methyl sites for hydroxylation is 2. The number of carboxylic acid groups (broad SMARTS) is 1. The number of ether oxygens (including phenoxy) is 3. The van der Waals surface area contributed by atoms with E-state index >= 15 is 0 Å². The number of rotatable bonds is 10. The van der Waals surface area contributed by atoms with Gasteiger partial charge in [-0.3, -0.25) is 4.79 Å². The third kappa shape index (κ3) is 6.03. The van der Waals surface area contributed by atoms with Crippen LogP contribution in [-0.2, 0) is 31.5 Å². The van der Waals surface area contributed by atoms with E-state index in [1.165, 1.54) is 0 Å². The van der Waals surface area contributed by atoms with Gasteiger partial charge in [0.25, 0.3) is 0 Å². The van der Waals surface area contributed by atoms with Gasteiger partial charge in [-0.25, -0.2) is 4.98 Å². The Morgan fingerprint density at radius 3 is 2.59 bits per heavy atom. The predicted octanol–water partition coefficient (Wildman–Crippen LogP) is 5.53. The van der Waals surface area contributed by atoms with Gasteiger partial charge in [-0.1, -0.05) is 6.07 Å². The molecule has 2 aromatic carbocycles. The van der Waals surface area contributed by atoms with Crippen molar-refractivity contribution in [3.63, 3.8) is 0 Å². The molecule has 0 fully saturated rings. The maximum atomic E-state index is 11.0. The van der Waals surface area contributed by atoms with Crippen LogP contribution in [0.5, 0.6) is 17.2 Å². The molecule has 0 bridgehead atoms. The molecule has 0 saturated carbocycles. The third-order valence-electron chi connectivity index (χ3n) is 5.19. The van der Waals surface area contributed by atoms with Crippen LogP contribution in [0.3, 0.4) is 0 Å². The first-order valence-electron chi connectivity index (χ1n) is 10.3. The van der Waals surface area contributed by atoms with Gasteiger partial charge in [0.1, 0.15) is 42.0 Å². The number of halogens is 2. The van der Waals surface area contributed by atoms with Crippen LogP contribution in [0.25, 0.3) is 11.0 Å². The highest BCUT2D eigenvalue weighted by Crippen LogP contribution is 2.29. The van der Waals surface area contributed by atoms with Crippen LogP contribution < -0.4 is 14.2 Å². The molecule has 34 heavy (non-hydrogen) atoms. The SMILES string of the molecule is COc1ccc2nc(COc3ccc(CCC(=O)O)c(OCc4ccc(Br)o4)c3)n(C)c2c1.Cl. The van der Waals surface area contributed by atoms with Crippen molar-refractivity contribution in [2.75, 3.05) is 7.11 Å². The van der Waals surface area contributed by atoms with Gasteiger partial charge in [-0.05, 0) is 58.2 Å². The molecule has 8 nitrogen and oxygen atoms in total. The Hall–Kier alpha value is -3.17. The Morgan fingerprint density at radius 2 is 1.88 bits per heavy atom. The summed E-state index contributed by atoms with van der Waals surface area (Å²) >= 11 is 3.27. The number of fused-ring (bicyclic) bond motifs is 1. The van der Waals surface area contributed by atoms with Crippen LogP contribution in [0, 0.1) is 0 Å². The average molecular weight is 552 g/mol. The van der Waals surface area contributed by atoms with E-state index in [2.05, 4.69) is 20.9 Å². The molecule has 0 unspecified atom stereocenters. The number of hydrogen-bond donors (Lipinski definition) is 1. The van der Waals surface area contributed by atoms with Crippen molar-refractivity contribution in [2.24, 2.45) is 7.05 Å². The lowest BCUT2D eigenvalue weighted by Gasteiger charge is -2.13. The fourth-order valence-corrected chi connectivity index (χ4v) is 3.75. The van der Waals surface area contributed by atoms with E-state index in [1.54, 1.807) is 25.3 Å². The van der Waals surface area contributed by atoms with Crippen LogP contribution >= 0.6 is 28.3 Å². The summed E-state index contributed by atoms with van der Waals surface area (Å²) in [4.78, 5) is 15.7. The largest absolute Gasteiger partial charge is 0.497 e. The number of benzene rings is 2. The summed E-state index contributed by atoms with van der Waals surface area (Å²) in [5.41, 5.74) is 2.59. The number of aliphatic carboxylic acids is 1. The number of aromatic nitrogens is 2. The van der Waals surface area contributed by atoms with Crippen LogP contribution in [0.1, 0.15) is 23.6 Å². The van der Waals surface area contributed by atoms with Gasteiger partial charge >= 0.3 is 5.97 Å². The van der Waals surface area contributed by atoms with E-state index in [9.17, 15) is 4.79 Å². The molecule has 4 rings (SSSR count). The van der Waals surface area contributed by atoms with Crippen LogP contribution in [0.2, 0.25) is 0 Å². The summed E-state index contributed by atoms with van der Waals surface area (Å²) in [6.45, 7) is 0.467. The molecular weight excluding hydrogens is 528 g/mol. The minimum absolute atomic E-state index is 0. The second-order valence-electron chi connectivity index (χ2n) is 7.39. The Labute approximate surface area is 211 Å². The quantitative estimate of drug-likeness (QED) is 0.277. The summed E-state index contributed by atoms with van der Waals surface area (Å²) in [6.07, 6.45) is 0.353. The molecule has 10 heteroatoms. The molecule has 0 aliphatic carbocycles. The number of nitrogens with zero attached hydrogens (tertiary/aromatic N) is 2. The Bertz CT molecular complexity index is 1290. The second-order valence-corrected chi connectivity index (χ2v) is 8.17. The zero-order valence-electron chi connectivity index (χ0n) is 18.6. The predicted molar refractivity (Wildman–Crippen MR) is 132 cm³/mol. The maximum Gasteiger partial charge on any atom is 0.303 e. The Kier molecular flexibility index (Phi) is 8.46. The van der Waals surface area contributed by atoms with E-state index in [1.807, 2.05) is 41.9 Å². The van der Waals surface area contributed by atoms with Crippen molar-refractivity contribution >= 4 is 45.3 Å². The summed E-state index contributed by atoms with van der Waals surface area (Å²) in [6, 6.07) is 14.7. The van der Waals surface area contributed by atoms with Gasteiger partial charge in [-0.15, -0.1) is 12.4 Å². The molecule has 4 aromatic rings. The maximum absolute atomic E-state index is 11.0. The average Bonchev–Trinajstić information content (AvgIpc) is 3.37. The van der Waals surface area contributed by atoms with Crippen molar-refractivity contribution in [1.82, 2.24) is 9.55 Å². The summed E-state index contributed by atoms with van der Waals surface area (Å²) < 4.78 is 25.3. The third-order valence-corrected chi connectivity index (χ3v) is 5.62. The Morgan fingerprint density at radius 1 is 1.09 bits per heavy atom. The Balaban J connectivity index is 0.00000324. The van der Waals surface area contributed by atoms with Crippen LogP contribution in [0.4, 0.5) is 0 Å². The van der Waals surface area contributed by atoms with E-state index in [4.69, 9.17) is 23.7 Å². The topological polar surface area (TPSA) is 96.0 Å².